The highest BCUT2D eigenvalue weighted by Gasteiger charge is 1.94. The number of halogens is 1. The van der Waals surface area contributed by atoms with E-state index in [9.17, 15) is 0 Å². The van der Waals surface area contributed by atoms with E-state index in [1.165, 1.54) is 0 Å². The summed E-state index contributed by atoms with van der Waals surface area (Å²) < 4.78 is 0. The summed E-state index contributed by atoms with van der Waals surface area (Å²) in [7, 11) is 1.71. The van der Waals surface area contributed by atoms with Crippen LogP contribution in [0.15, 0.2) is 23.2 Å². The van der Waals surface area contributed by atoms with Gasteiger partial charge in [-0.25, -0.2) is 0 Å². The summed E-state index contributed by atoms with van der Waals surface area (Å²) in [6.07, 6.45) is 1.63. The maximum atomic E-state index is 5.91. The second kappa shape index (κ2) is 4.12. The number of anilines is 1. The molecule has 0 aromatic heterocycles. The Morgan fingerprint density at radius 1 is 1.50 bits per heavy atom. The molecule has 0 amide bonds. The van der Waals surface area contributed by atoms with Crippen molar-refractivity contribution in [2.45, 2.75) is 6.92 Å². The molecular formula is C9H11ClN2. The van der Waals surface area contributed by atoms with Gasteiger partial charge in [0.15, 0.2) is 0 Å². The molecule has 1 aromatic carbocycles. The van der Waals surface area contributed by atoms with E-state index in [-0.39, 0.29) is 0 Å². The van der Waals surface area contributed by atoms with Crippen LogP contribution in [0.5, 0.6) is 0 Å². The minimum atomic E-state index is 0.768. The van der Waals surface area contributed by atoms with Crippen LogP contribution in [0.3, 0.4) is 0 Å². The predicted octanol–water partition coefficient (Wildman–Crippen LogP) is 2.72. The molecule has 12 heavy (non-hydrogen) atoms. The lowest BCUT2D eigenvalue weighted by molar-refractivity contribution is 1.44. The lowest BCUT2D eigenvalue weighted by Gasteiger charge is -2.02. The number of hydrogen-bond acceptors (Lipinski definition) is 1. The normalized spacial score (nSPS) is 10.6. The van der Waals surface area contributed by atoms with Crippen LogP contribution in [0.1, 0.15) is 5.56 Å². The monoisotopic (exact) mass is 182 g/mol. The molecule has 1 N–H and O–H groups in total. The Kier molecular flexibility index (Phi) is 3.11. The number of aliphatic imine (C=N–C) groups is 1. The maximum Gasteiger partial charge on any atom is 0.0864 e. The van der Waals surface area contributed by atoms with Crippen LogP contribution in [0.25, 0.3) is 0 Å². The number of nitrogens with zero attached hydrogens (tertiary/aromatic N) is 1. The fraction of sp³-hybridized carbons (Fsp3) is 0.222. The van der Waals surface area contributed by atoms with Crippen molar-refractivity contribution >= 4 is 23.6 Å². The zero-order valence-corrected chi connectivity index (χ0v) is 7.89. The summed E-state index contributed by atoms with van der Waals surface area (Å²) in [6, 6.07) is 5.80. The molecule has 3 heteroatoms. The third-order valence-corrected chi connectivity index (χ3v) is 1.94. The minimum Gasteiger partial charge on any atom is -0.347 e. The van der Waals surface area contributed by atoms with E-state index >= 15 is 0 Å². The van der Waals surface area contributed by atoms with Gasteiger partial charge in [-0.15, -0.1) is 0 Å². The zero-order chi connectivity index (χ0) is 8.97. The first-order valence-electron chi connectivity index (χ1n) is 3.67. The van der Waals surface area contributed by atoms with Crippen molar-refractivity contribution in [1.29, 1.82) is 0 Å². The number of nitrogens with one attached hydrogen (secondary N) is 1. The second-order valence-corrected chi connectivity index (χ2v) is 2.90. The Labute approximate surface area is 77.3 Å². The van der Waals surface area contributed by atoms with Gasteiger partial charge in [0.2, 0.25) is 0 Å². The van der Waals surface area contributed by atoms with E-state index in [2.05, 4.69) is 10.3 Å². The van der Waals surface area contributed by atoms with Crippen molar-refractivity contribution in [3.05, 3.63) is 28.8 Å². The molecule has 0 aliphatic heterocycles. The average molecular weight is 183 g/mol. The number of rotatable bonds is 2. The number of hydrogen-bond donors (Lipinski definition) is 1. The van der Waals surface area contributed by atoms with E-state index < -0.39 is 0 Å². The summed E-state index contributed by atoms with van der Waals surface area (Å²) in [6.45, 7) is 1.97. The van der Waals surface area contributed by atoms with Gasteiger partial charge in [-0.1, -0.05) is 17.7 Å². The molecule has 0 saturated heterocycles. The van der Waals surface area contributed by atoms with Crippen LogP contribution in [0, 0.1) is 6.92 Å². The van der Waals surface area contributed by atoms with Crippen molar-refractivity contribution in [3.8, 4) is 0 Å². The molecule has 0 aliphatic carbocycles. The molecular weight excluding hydrogens is 172 g/mol. The molecule has 1 aromatic rings. The molecule has 0 saturated carbocycles. The first-order chi connectivity index (χ1) is 5.74. The van der Waals surface area contributed by atoms with Crippen molar-refractivity contribution in [3.63, 3.8) is 0 Å². The SMILES string of the molecule is CN=CNc1ccc(C)c(Cl)c1. The molecule has 0 atom stereocenters. The molecule has 0 spiro atoms. The smallest absolute Gasteiger partial charge is 0.0864 e. The molecule has 1 rings (SSSR count). The van der Waals surface area contributed by atoms with Gasteiger partial charge in [0.1, 0.15) is 0 Å². The summed E-state index contributed by atoms with van der Waals surface area (Å²) in [5.74, 6) is 0. The summed E-state index contributed by atoms with van der Waals surface area (Å²) >= 11 is 5.91. The molecule has 0 heterocycles. The van der Waals surface area contributed by atoms with Crippen LogP contribution in [-0.4, -0.2) is 13.4 Å². The fourth-order valence-electron chi connectivity index (χ4n) is 0.822. The van der Waals surface area contributed by atoms with Gasteiger partial charge in [0.25, 0.3) is 0 Å². The Morgan fingerprint density at radius 3 is 2.83 bits per heavy atom. The average Bonchev–Trinajstić information content (AvgIpc) is 2.07. The highest BCUT2D eigenvalue weighted by molar-refractivity contribution is 6.31. The van der Waals surface area contributed by atoms with Gasteiger partial charge in [-0.3, -0.25) is 4.99 Å². The molecule has 0 radical (unpaired) electrons. The van der Waals surface area contributed by atoms with Crippen LogP contribution in [0.4, 0.5) is 5.69 Å². The van der Waals surface area contributed by atoms with E-state index in [0.29, 0.717) is 0 Å². The first-order valence-corrected chi connectivity index (χ1v) is 4.05. The third kappa shape index (κ3) is 2.24. The Hall–Kier alpha value is -1.02. The lowest BCUT2D eigenvalue weighted by atomic mass is 10.2. The van der Waals surface area contributed by atoms with Crippen LogP contribution in [0.2, 0.25) is 5.02 Å². The Balaban J connectivity index is 2.82. The van der Waals surface area contributed by atoms with Gasteiger partial charge in [-0.05, 0) is 24.6 Å². The van der Waals surface area contributed by atoms with E-state index in [1.807, 2.05) is 25.1 Å². The van der Waals surface area contributed by atoms with Crippen molar-refractivity contribution < 1.29 is 0 Å². The molecule has 0 bridgehead atoms. The van der Waals surface area contributed by atoms with Gasteiger partial charge >= 0.3 is 0 Å². The maximum absolute atomic E-state index is 5.91. The Bertz CT molecular complexity index is 295. The minimum absolute atomic E-state index is 0.768. The molecule has 2 nitrogen and oxygen atoms in total. The number of aryl methyl sites for hydroxylation is 1. The molecule has 0 fully saturated rings. The van der Waals surface area contributed by atoms with Crippen molar-refractivity contribution in [2.75, 3.05) is 12.4 Å². The van der Waals surface area contributed by atoms with Gasteiger partial charge in [0, 0.05) is 17.8 Å². The Morgan fingerprint density at radius 2 is 2.25 bits per heavy atom. The largest absolute Gasteiger partial charge is 0.347 e. The quantitative estimate of drug-likeness (QED) is 0.552. The van der Waals surface area contributed by atoms with E-state index in [4.69, 9.17) is 11.6 Å². The van der Waals surface area contributed by atoms with Gasteiger partial charge in [0.05, 0.1) is 6.34 Å². The number of benzene rings is 1. The van der Waals surface area contributed by atoms with E-state index in [0.717, 1.165) is 16.3 Å². The molecule has 64 valence electrons. The fourth-order valence-corrected chi connectivity index (χ4v) is 1.00. The van der Waals surface area contributed by atoms with E-state index in [1.54, 1.807) is 13.4 Å². The zero-order valence-electron chi connectivity index (χ0n) is 7.13. The van der Waals surface area contributed by atoms with Crippen LogP contribution < -0.4 is 5.32 Å². The third-order valence-electron chi connectivity index (χ3n) is 1.53. The van der Waals surface area contributed by atoms with Crippen molar-refractivity contribution in [2.24, 2.45) is 4.99 Å². The topological polar surface area (TPSA) is 24.4 Å². The lowest BCUT2D eigenvalue weighted by Crippen LogP contribution is -1.94. The van der Waals surface area contributed by atoms with Crippen LogP contribution >= 0.6 is 11.6 Å². The van der Waals surface area contributed by atoms with Gasteiger partial charge < -0.3 is 5.32 Å². The summed E-state index contributed by atoms with van der Waals surface area (Å²) in [4.78, 5) is 3.80. The van der Waals surface area contributed by atoms with Gasteiger partial charge in [-0.2, -0.15) is 0 Å². The summed E-state index contributed by atoms with van der Waals surface area (Å²) in [5, 5.41) is 3.75. The first kappa shape index (κ1) is 9.07. The second-order valence-electron chi connectivity index (χ2n) is 2.50. The highest BCUT2D eigenvalue weighted by atomic mass is 35.5. The van der Waals surface area contributed by atoms with Crippen molar-refractivity contribution in [1.82, 2.24) is 0 Å². The standard InChI is InChI=1S/C9H11ClN2/c1-7-3-4-8(5-9(7)10)12-6-11-2/h3-6H,1-2H3,(H,11,12). The highest BCUT2D eigenvalue weighted by Crippen LogP contribution is 2.19. The molecule has 0 aliphatic rings. The predicted molar refractivity (Wildman–Crippen MR) is 54.2 cm³/mol. The summed E-state index contributed by atoms with van der Waals surface area (Å²) in [5.41, 5.74) is 2.03. The molecule has 0 unspecified atom stereocenters. The van der Waals surface area contributed by atoms with Crippen LogP contribution in [-0.2, 0) is 0 Å².